The SMILES string of the molecule is O=C(Nc1ccccc1Cl)OCCCCC#CC#CSc1ccc(Br)cc1. The lowest BCUT2D eigenvalue weighted by Gasteiger charge is -2.07. The van der Waals surface area contributed by atoms with Crippen molar-refractivity contribution in [2.75, 3.05) is 11.9 Å². The van der Waals surface area contributed by atoms with Crippen LogP contribution < -0.4 is 5.32 Å². The highest BCUT2D eigenvalue weighted by atomic mass is 79.9. The summed E-state index contributed by atoms with van der Waals surface area (Å²) < 4.78 is 6.16. The molecule has 0 aliphatic carbocycles. The van der Waals surface area contributed by atoms with E-state index in [0.717, 1.165) is 22.2 Å². The maximum Gasteiger partial charge on any atom is 0.411 e. The van der Waals surface area contributed by atoms with E-state index in [1.807, 2.05) is 24.3 Å². The molecule has 0 fully saturated rings. The second-order valence-electron chi connectivity index (χ2n) is 5.28. The maximum atomic E-state index is 11.7. The minimum Gasteiger partial charge on any atom is -0.449 e. The van der Waals surface area contributed by atoms with Gasteiger partial charge in [-0.05, 0) is 78.1 Å². The Hall–Kier alpha value is -2.05. The molecule has 138 valence electrons. The average Bonchev–Trinajstić information content (AvgIpc) is 2.66. The first-order chi connectivity index (χ1) is 13.1. The molecule has 0 aliphatic rings. The van der Waals surface area contributed by atoms with Gasteiger partial charge in [-0.25, -0.2) is 4.79 Å². The van der Waals surface area contributed by atoms with E-state index in [0.29, 0.717) is 23.7 Å². The molecule has 0 saturated heterocycles. The maximum absolute atomic E-state index is 11.7. The van der Waals surface area contributed by atoms with E-state index in [9.17, 15) is 4.79 Å². The van der Waals surface area contributed by atoms with Crippen LogP contribution in [0.1, 0.15) is 19.3 Å². The fraction of sp³-hybridized carbons (Fsp3) is 0.190. The Balaban J connectivity index is 1.55. The lowest BCUT2D eigenvalue weighted by molar-refractivity contribution is 0.159. The van der Waals surface area contributed by atoms with E-state index in [1.165, 1.54) is 11.8 Å². The van der Waals surface area contributed by atoms with Crippen LogP contribution >= 0.6 is 39.3 Å². The molecule has 2 rings (SSSR count). The van der Waals surface area contributed by atoms with Crippen LogP contribution in [0.4, 0.5) is 10.5 Å². The van der Waals surface area contributed by atoms with Gasteiger partial charge in [0.15, 0.2) is 0 Å². The molecule has 0 heterocycles. The Morgan fingerprint density at radius 2 is 1.89 bits per heavy atom. The average molecular weight is 463 g/mol. The number of hydrogen-bond acceptors (Lipinski definition) is 3. The Bertz CT molecular complexity index is 879. The van der Waals surface area contributed by atoms with Crippen LogP contribution in [-0.4, -0.2) is 12.7 Å². The number of unbranched alkanes of at least 4 members (excludes halogenated alkanes) is 2. The molecule has 0 bridgehead atoms. The second kappa shape index (κ2) is 12.4. The largest absolute Gasteiger partial charge is 0.449 e. The number of rotatable bonds is 6. The smallest absolute Gasteiger partial charge is 0.411 e. The highest BCUT2D eigenvalue weighted by Gasteiger charge is 2.05. The molecular formula is C21H17BrClNO2S. The number of halogens is 2. The number of carbonyl (C=O) groups is 1. The van der Waals surface area contributed by atoms with E-state index >= 15 is 0 Å². The predicted octanol–water partition coefficient (Wildman–Crippen LogP) is 6.58. The normalized spacial score (nSPS) is 9.41. The van der Waals surface area contributed by atoms with Crippen molar-refractivity contribution in [2.45, 2.75) is 24.2 Å². The molecule has 3 nitrogen and oxygen atoms in total. The third-order valence-corrected chi connectivity index (χ3v) is 4.79. The predicted molar refractivity (Wildman–Crippen MR) is 116 cm³/mol. The van der Waals surface area contributed by atoms with Crippen molar-refractivity contribution >= 4 is 51.1 Å². The summed E-state index contributed by atoms with van der Waals surface area (Å²) in [6.07, 6.45) is 1.79. The summed E-state index contributed by atoms with van der Waals surface area (Å²) in [4.78, 5) is 12.7. The number of amides is 1. The second-order valence-corrected chi connectivity index (χ2v) is 7.49. The lowest BCUT2D eigenvalue weighted by Crippen LogP contribution is -2.14. The Morgan fingerprint density at radius 3 is 2.67 bits per heavy atom. The van der Waals surface area contributed by atoms with Gasteiger partial charge in [-0.2, -0.15) is 0 Å². The van der Waals surface area contributed by atoms with Crippen molar-refractivity contribution in [3.8, 4) is 23.0 Å². The van der Waals surface area contributed by atoms with Crippen molar-refractivity contribution in [3.05, 3.63) is 58.0 Å². The van der Waals surface area contributed by atoms with E-state index in [4.69, 9.17) is 16.3 Å². The van der Waals surface area contributed by atoms with E-state index in [2.05, 4.69) is 44.3 Å². The van der Waals surface area contributed by atoms with Gasteiger partial charge in [0, 0.05) is 15.8 Å². The monoisotopic (exact) mass is 461 g/mol. The van der Waals surface area contributed by atoms with Gasteiger partial charge in [0.1, 0.15) is 0 Å². The van der Waals surface area contributed by atoms with E-state index in [-0.39, 0.29) is 0 Å². The summed E-state index contributed by atoms with van der Waals surface area (Å²) in [6.45, 7) is 0.336. The number of thioether (sulfide) groups is 1. The third-order valence-electron chi connectivity index (χ3n) is 3.22. The van der Waals surface area contributed by atoms with Crippen LogP contribution in [0.2, 0.25) is 5.02 Å². The molecule has 2 aromatic carbocycles. The lowest BCUT2D eigenvalue weighted by atomic mass is 10.2. The Labute approximate surface area is 177 Å². The molecule has 2 aromatic rings. The summed E-state index contributed by atoms with van der Waals surface area (Å²) >= 11 is 10.8. The Kier molecular flexibility index (Phi) is 9.73. The van der Waals surface area contributed by atoms with E-state index in [1.54, 1.807) is 24.3 Å². The van der Waals surface area contributed by atoms with Crippen LogP contribution in [0.25, 0.3) is 0 Å². The molecule has 0 unspecified atom stereocenters. The van der Waals surface area contributed by atoms with Gasteiger partial charge in [0.05, 0.1) is 17.3 Å². The number of benzene rings is 2. The fourth-order valence-electron chi connectivity index (χ4n) is 1.91. The first-order valence-corrected chi connectivity index (χ1v) is 10.2. The van der Waals surface area contributed by atoms with Gasteiger partial charge >= 0.3 is 6.09 Å². The van der Waals surface area contributed by atoms with Gasteiger partial charge in [-0.1, -0.05) is 45.6 Å². The number of para-hydroxylation sites is 1. The summed E-state index contributed by atoms with van der Waals surface area (Å²) in [5.74, 6) is 8.65. The van der Waals surface area contributed by atoms with Crippen LogP contribution in [0.3, 0.4) is 0 Å². The van der Waals surface area contributed by atoms with Crippen molar-refractivity contribution in [1.29, 1.82) is 0 Å². The minimum atomic E-state index is -0.509. The van der Waals surface area contributed by atoms with Crippen molar-refractivity contribution in [2.24, 2.45) is 0 Å². The van der Waals surface area contributed by atoms with Gasteiger partial charge in [-0.3, -0.25) is 5.32 Å². The molecule has 0 atom stereocenters. The van der Waals surface area contributed by atoms with Crippen LogP contribution in [-0.2, 0) is 4.74 Å². The molecule has 0 radical (unpaired) electrons. The minimum absolute atomic E-state index is 0.336. The summed E-state index contributed by atoms with van der Waals surface area (Å²) in [5.41, 5.74) is 0.537. The summed E-state index contributed by atoms with van der Waals surface area (Å²) in [6, 6.07) is 15.0. The van der Waals surface area contributed by atoms with Gasteiger partial charge in [-0.15, -0.1) is 0 Å². The van der Waals surface area contributed by atoms with E-state index < -0.39 is 6.09 Å². The Morgan fingerprint density at radius 1 is 1.11 bits per heavy atom. The van der Waals surface area contributed by atoms with Gasteiger partial charge < -0.3 is 4.74 Å². The number of ether oxygens (including phenoxy) is 1. The molecule has 1 amide bonds. The topological polar surface area (TPSA) is 38.3 Å². The van der Waals surface area contributed by atoms with Crippen LogP contribution in [0.15, 0.2) is 57.9 Å². The number of carbonyl (C=O) groups excluding carboxylic acids is 1. The van der Waals surface area contributed by atoms with Crippen LogP contribution in [0.5, 0.6) is 0 Å². The first kappa shape index (κ1) is 21.3. The molecule has 6 heteroatoms. The molecule has 0 saturated carbocycles. The quantitative estimate of drug-likeness (QED) is 0.299. The number of nitrogens with one attached hydrogen (secondary N) is 1. The number of hydrogen-bond donors (Lipinski definition) is 1. The zero-order valence-electron chi connectivity index (χ0n) is 14.4. The van der Waals surface area contributed by atoms with Crippen LogP contribution in [0, 0.1) is 23.0 Å². The fourth-order valence-corrected chi connectivity index (χ4v) is 2.85. The number of anilines is 1. The summed E-state index contributed by atoms with van der Waals surface area (Å²) in [7, 11) is 0. The molecule has 0 aromatic heterocycles. The zero-order chi connectivity index (χ0) is 19.3. The van der Waals surface area contributed by atoms with Gasteiger partial charge in [0.2, 0.25) is 0 Å². The van der Waals surface area contributed by atoms with Crippen molar-refractivity contribution < 1.29 is 9.53 Å². The highest BCUT2D eigenvalue weighted by Crippen LogP contribution is 2.20. The molecule has 27 heavy (non-hydrogen) atoms. The first-order valence-electron chi connectivity index (χ1n) is 8.24. The molecule has 0 spiro atoms. The molecular weight excluding hydrogens is 446 g/mol. The van der Waals surface area contributed by atoms with Crippen molar-refractivity contribution in [3.63, 3.8) is 0 Å². The van der Waals surface area contributed by atoms with Crippen molar-refractivity contribution in [1.82, 2.24) is 0 Å². The van der Waals surface area contributed by atoms with Gasteiger partial charge in [0.25, 0.3) is 0 Å². The zero-order valence-corrected chi connectivity index (χ0v) is 17.6. The molecule has 1 N–H and O–H groups in total. The summed E-state index contributed by atoms with van der Waals surface area (Å²) in [5, 5.41) is 6.04. The standard InChI is InChI=1S/C21H17BrClNO2S/c22-17-11-13-18(14-12-17)27-16-8-4-2-1-3-7-15-26-21(25)24-20-10-6-5-9-19(20)23/h5-6,9-14H,1,3,7,15H2,(H,24,25). The molecule has 0 aliphatic heterocycles. The third kappa shape index (κ3) is 8.93. The highest BCUT2D eigenvalue weighted by molar-refractivity contribution is 9.10.